The van der Waals surface area contributed by atoms with Crippen molar-refractivity contribution in [2.75, 3.05) is 5.32 Å². The Balaban J connectivity index is 1.91. The smallest absolute Gasteiger partial charge is 0.348 e. The van der Waals surface area contributed by atoms with E-state index in [2.05, 4.69) is 5.32 Å². The number of hydrogen-bond donors (Lipinski definition) is 1. The third kappa shape index (κ3) is 5.35. The number of hydrogen-bond acceptors (Lipinski definition) is 5. The van der Waals surface area contributed by atoms with Crippen LogP contribution in [0.1, 0.15) is 25.8 Å². The van der Waals surface area contributed by atoms with Gasteiger partial charge in [-0.15, -0.1) is 0 Å². The van der Waals surface area contributed by atoms with E-state index in [4.69, 9.17) is 14.7 Å². The number of amides is 1. The molecule has 0 unspecified atom stereocenters. The molecule has 2 aromatic carbocycles. The molecule has 0 aromatic heterocycles. The van der Waals surface area contributed by atoms with Gasteiger partial charge in [0.2, 0.25) is 0 Å². The second kappa shape index (κ2) is 9.23. The first-order valence-electron chi connectivity index (χ1n) is 8.26. The van der Waals surface area contributed by atoms with Crippen LogP contribution in [0.5, 0.6) is 5.75 Å². The number of carbonyl (C=O) groups is 2. The van der Waals surface area contributed by atoms with E-state index in [0.29, 0.717) is 23.4 Å². The van der Waals surface area contributed by atoms with Crippen molar-refractivity contribution in [3.63, 3.8) is 0 Å². The maximum atomic E-state index is 12.3. The van der Waals surface area contributed by atoms with Crippen molar-refractivity contribution in [3.05, 3.63) is 60.2 Å². The molecule has 0 aliphatic rings. The number of para-hydroxylation sites is 1. The van der Waals surface area contributed by atoms with Crippen molar-refractivity contribution in [2.45, 2.75) is 32.5 Å². The average molecular weight is 352 g/mol. The molecule has 1 amide bonds. The zero-order chi connectivity index (χ0) is 18.9. The van der Waals surface area contributed by atoms with E-state index in [1.54, 1.807) is 55.5 Å². The lowest BCUT2D eigenvalue weighted by Crippen LogP contribution is -2.36. The second-order valence-electron chi connectivity index (χ2n) is 5.59. The highest BCUT2D eigenvalue weighted by molar-refractivity contribution is 5.95. The highest BCUT2D eigenvalue weighted by atomic mass is 16.6. The number of nitriles is 1. The van der Waals surface area contributed by atoms with Crippen LogP contribution in [0, 0.1) is 11.3 Å². The van der Waals surface area contributed by atoms with E-state index < -0.39 is 24.1 Å². The van der Waals surface area contributed by atoms with Crippen molar-refractivity contribution < 1.29 is 19.1 Å². The first kappa shape index (κ1) is 19.0. The number of nitrogens with zero attached hydrogens (tertiary/aromatic N) is 1. The summed E-state index contributed by atoms with van der Waals surface area (Å²) in [6, 6.07) is 17.4. The number of nitrogens with one attached hydrogen (secondary N) is 1. The van der Waals surface area contributed by atoms with Crippen molar-refractivity contribution in [3.8, 4) is 11.8 Å². The molecule has 6 nitrogen and oxygen atoms in total. The normalized spacial score (nSPS) is 12.3. The molecule has 0 fully saturated rings. The van der Waals surface area contributed by atoms with Gasteiger partial charge in [0.05, 0.1) is 11.6 Å². The highest BCUT2D eigenvalue weighted by Gasteiger charge is 2.25. The van der Waals surface area contributed by atoms with Crippen LogP contribution in [-0.2, 0) is 14.3 Å². The molecule has 0 saturated carbocycles. The number of rotatable bonds is 7. The molecular formula is C20H20N2O4. The summed E-state index contributed by atoms with van der Waals surface area (Å²) in [6.45, 7) is 3.29. The molecule has 0 radical (unpaired) electrons. The van der Waals surface area contributed by atoms with Crippen LogP contribution in [-0.4, -0.2) is 24.1 Å². The lowest BCUT2D eigenvalue weighted by atomic mass is 10.2. The van der Waals surface area contributed by atoms with Gasteiger partial charge in [-0.1, -0.05) is 25.1 Å². The minimum atomic E-state index is -0.980. The van der Waals surface area contributed by atoms with Gasteiger partial charge in [0.1, 0.15) is 5.75 Å². The quantitative estimate of drug-likeness (QED) is 0.773. The van der Waals surface area contributed by atoms with E-state index >= 15 is 0 Å². The molecule has 6 heteroatoms. The predicted molar refractivity (Wildman–Crippen MR) is 96.5 cm³/mol. The van der Waals surface area contributed by atoms with Crippen LogP contribution in [0.4, 0.5) is 5.69 Å². The van der Waals surface area contributed by atoms with Crippen LogP contribution in [0.25, 0.3) is 0 Å². The molecule has 2 atom stereocenters. The minimum absolute atomic E-state index is 0.414. The average Bonchev–Trinajstić information content (AvgIpc) is 2.67. The van der Waals surface area contributed by atoms with Gasteiger partial charge >= 0.3 is 5.97 Å². The molecule has 2 aromatic rings. The number of benzene rings is 2. The molecule has 0 aliphatic carbocycles. The molecule has 0 saturated heterocycles. The Hall–Kier alpha value is -3.33. The topological polar surface area (TPSA) is 88.4 Å². The molecule has 0 aliphatic heterocycles. The highest BCUT2D eigenvalue weighted by Crippen LogP contribution is 2.15. The summed E-state index contributed by atoms with van der Waals surface area (Å²) in [6.07, 6.45) is -1.35. The van der Waals surface area contributed by atoms with Gasteiger partial charge in [0, 0.05) is 5.69 Å². The molecule has 134 valence electrons. The summed E-state index contributed by atoms with van der Waals surface area (Å²) in [4.78, 5) is 24.4. The summed E-state index contributed by atoms with van der Waals surface area (Å²) in [5, 5.41) is 11.4. The fourth-order valence-corrected chi connectivity index (χ4v) is 2.14. The first-order chi connectivity index (χ1) is 12.5. The fourth-order valence-electron chi connectivity index (χ4n) is 2.14. The van der Waals surface area contributed by atoms with Gasteiger partial charge in [-0.2, -0.15) is 5.26 Å². The predicted octanol–water partition coefficient (Wildman–Crippen LogP) is 3.29. The monoisotopic (exact) mass is 352 g/mol. The van der Waals surface area contributed by atoms with Crippen molar-refractivity contribution in [1.29, 1.82) is 5.26 Å². The summed E-state index contributed by atoms with van der Waals surface area (Å²) in [5.74, 6) is -0.498. The van der Waals surface area contributed by atoms with Gasteiger partial charge in [-0.05, 0) is 49.7 Å². The summed E-state index contributed by atoms with van der Waals surface area (Å²) in [5.41, 5.74) is 1.01. The van der Waals surface area contributed by atoms with Crippen molar-refractivity contribution in [1.82, 2.24) is 0 Å². The van der Waals surface area contributed by atoms with Gasteiger partial charge < -0.3 is 14.8 Å². The fraction of sp³-hybridized carbons (Fsp3) is 0.250. The SMILES string of the molecule is CC[C@@H](Oc1ccccc1)C(=O)O[C@@H](C)C(=O)Nc1ccc(C#N)cc1. The molecule has 0 heterocycles. The Morgan fingerprint density at radius 2 is 1.77 bits per heavy atom. The van der Waals surface area contributed by atoms with E-state index in [-0.39, 0.29) is 0 Å². The van der Waals surface area contributed by atoms with Gasteiger partial charge in [0.15, 0.2) is 12.2 Å². The van der Waals surface area contributed by atoms with Crippen LogP contribution < -0.4 is 10.1 Å². The van der Waals surface area contributed by atoms with E-state index in [0.717, 1.165) is 0 Å². The Labute approximate surface area is 152 Å². The van der Waals surface area contributed by atoms with Gasteiger partial charge in [0.25, 0.3) is 5.91 Å². The molecule has 1 N–H and O–H groups in total. The van der Waals surface area contributed by atoms with E-state index in [1.165, 1.54) is 6.92 Å². The number of anilines is 1. The van der Waals surface area contributed by atoms with Crippen LogP contribution in [0.3, 0.4) is 0 Å². The number of esters is 1. The Bertz CT molecular complexity index is 782. The molecule has 26 heavy (non-hydrogen) atoms. The summed E-state index contributed by atoms with van der Waals surface area (Å²) in [7, 11) is 0. The lowest BCUT2D eigenvalue weighted by molar-refractivity contribution is -0.160. The zero-order valence-electron chi connectivity index (χ0n) is 14.6. The maximum absolute atomic E-state index is 12.3. The van der Waals surface area contributed by atoms with Crippen LogP contribution in [0.2, 0.25) is 0 Å². The van der Waals surface area contributed by atoms with Crippen molar-refractivity contribution >= 4 is 17.6 Å². The third-order valence-electron chi connectivity index (χ3n) is 3.60. The van der Waals surface area contributed by atoms with Crippen LogP contribution in [0.15, 0.2) is 54.6 Å². The summed E-state index contributed by atoms with van der Waals surface area (Å²) < 4.78 is 10.8. The van der Waals surface area contributed by atoms with Gasteiger partial charge in [-0.25, -0.2) is 4.79 Å². The third-order valence-corrected chi connectivity index (χ3v) is 3.60. The first-order valence-corrected chi connectivity index (χ1v) is 8.26. The lowest BCUT2D eigenvalue weighted by Gasteiger charge is -2.19. The van der Waals surface area contributed by atoms with Gasteiger partial charge in [-0.3, -0.25) is 4.79 Å². The molecule has 2 rings (SSSR count). The number of ether oxygens (including phenoxy) is 2. The van der Waals surface area contributed by atoms with Crippen LogP contribution >= 0.6 is 0 Å². The number of carbonyl (C=O) groups excluding carboxylic acids is 2. The Morgan fingerprint density at radius 1 is 1.12 bits per heavy atom. The molecule has 0 bridgehead atoms. The molecular weight excluding hydrogens is 332 g/mol. The zero-order valence-corrected chi connectivity index (χ0v) is 14.6. The van der Waals surface area contributed by atoms with E-state index in [9.17, 15) is 9.59 Å². The standard InChI is InChI=1S/C20H20N2O4/c1-3-18(26-17-7-5-4-6-8-17)20(24)25-14(2)19(23)22-16-11-9-15(13-21)10-12-16/h4-12,14,18H,3H2,1-2H3,(H,22,23)/t14-,18+/m0/s1. The maximum Gasteiger partial charge on any atom is 0.348 e. The minimum Gasteiger partial charge on any atom is -0.479 e. The van der Waals surface area contributed by atoms with Crippen molar-refractivity contribution in [2.24, 2.45) is 0 Å². The van der Waals surface area contributed by atoms with E-state index in [1.807, 2.05) is 12.1 Å². The Kier molecular flexibility index (Phi) is 6.75. The Morgan fingerprint density at radius 3 is 2.35 bits per heavy atom. The summed E-state index contributed by atoms with van der Waals surface area (Å²) >= 11 is 0. The second-order valence-corrected chi connectivity index (χ2v) is 5.59. The molecule has 0 spiro atoms. The largest absolute Gasteiger partial charge is 0.479 e.